The molecule has 0 aliphatic carbocycles. The number of benzene rings is 2. The van der Waals surface area contributed by atoms with Gasteiger partial charge in [-0.15, -0.1) is 10.2 Å². The second-order valence-electron chi connectivity index (χ2n) is 8.77. The van der Waals surface area contributed by atoms with Gasteiger partial charge in [0.25, 0.3) is 5.69 Å². The number of nitro benzene ring substituents is 1. The van der Waals surface area contributed by atoms with Crippen molar-refractivity contribution in [1.29, 1.82) is 0 Å². The highest BCUT2D eigenvalue weighted by Crippen LogP contribution is 2.32. The summed E-state index contributed by atoms with van der Waals surface area (Å²) in [6, 6.07) is 12.3. The van der Waals surface area contributed by atoms with Crippen LogP contribution in [0, 0.1) is 10.1 Å². The highest BCUT2D eigenvalue weighted by Gasteiger charge is 2.22. The third kappa shape index (κ3) is 5.56. The standard InChI is InChI=1S/C24H29N5O4S/c1-7-28-21(16-8-10-17(11-9-16)24(3,4)5)26-27-23(28)34-15(2)22(30)25-19-14-18(29(31)32)12-13-20(19)33-6/h8-15H,7H2,1-6H3,(H,25,30). The summed E-state index contributed by atoms with van der Waals surface area (Å²) < 4.78 is 7.19. The Morgan fingerprint density at radius 2 is 1.88 bits per heavy atom. The molecule has 180 valence electrons. The number of hydrogen-bond acceptors (Lipinski definition) is 7. The number of rotatable bonds is 8. The summed E-state index contributed by atoms with van der Waals surface area (Å²) in [7, 11) is 1.44. The Kier molecular flexibility index (Phi) is 7.61. The van der Waals surface area contributed by atoms with Gasteiger partial charge in [0, 0.05) is 24.2 Å². The Morgan fingerprint density at radius 1 is 1.21 bits per heavy atom. The molecule has 1 atom stereocenters. The van der Waals surface area contributed by atoms with Gasteiger partial charge in [0.15, 0.2) is 11.0 Å². The number of nitrogens with one attached hydrogen (secondary N) is 1. The van der Waals surface area contributed by atoms with E-state index >= 15 is 0 Å². The van der Waals surface area contributed by atoms with E-state index in [9.17, 15) is 14.9 Å². The molecule has 0 spiro atoms. The number of nitrogens with zero attached hydrogens (tertiary/aromatic N) is 4. The predicted molar refractivity (Wildman–Crippen MR) is 133 cm³/mol. The molecule has 1 heterocycles. The van der Waals surface area contributed by atoms with Gasteiger partial charge in [-0.25, -0.2) is 0 Å². The number of anilines is 1. The number of amides is 1. The summed E-state index contributed by atoms with van der Waals surface area (Å²) in [5.41, 5.74) is 2.35. The topological polar surface area (TPSA) is 112 Å². The fraction of sp³-hybridized carbons (Fsp3) is 0.375. The molecular formula is C24H29N5O4S. The van der Waals surface area contributed by atoms with Crippen LogP contribution in [-0.4, -0.2) is 38.0 Å². The lowest BCUT2D eigenvalue weighted by Crippen LogP contribution is -2.23. The van der Waals surface area contributed by atoms with Crippen molar-refractivity contribution in [3.05, 3.63) is 58.1 Å². The maximum Gasteiger partial charge on any atom is 0.271 e. The molecule has 10 heteroatoms. The van der Waals surface area contributed by atoms with Crippen molar-refractivity contribution >= 4 is 29.0 Å². The summed E-state index contributed by atoms with van der Waals surface area (Å²) in [6.45, 7) is 10.9. The van der Waals surface area contributed by atoms with Crippen LogP contribution in [0.2, 0.25) is 0 Å². The first-order chi connectivity index (χ1) is 16.0. The highest BCUT2D eigenvalue weighted by molar-refractivity contribution is 8.00. The molecule has 0 bridgehead atoms. The maximum absolute atomic E-state index is 12.9. The number of hydrogen-bond donors (Lipinski definition) is 1. The van der Waals surface area contributed by atoms with E-state index in [1.807, 2.05) is 23.6 Å². The van der Waals surface area contributed by atoms with Gasteiger partial charge in [-0.3, -0.25) is 14.9 Å². The minimum atomic E-state index is -0.533. The van der Waals surface area contributed by atoms with E-state index < -0.39 is 10.2 Å². The van der Waals surface area contributed by atoms with Crippen molar-refractivity contribution in [3.63, 3.8) is 0 Å². The van der Waals surface area contributed by atoms with Gasteiger partial charge >= 0.3 is 0 Å². The number of carbonyl (C=O) groups excluding carboxylic acids is 1. The van der Waals surface area contributed by atoms with Gasteiger partial charge < -0.3 is 14.6 Å². The molecule has 34 heavy (non-hydrogen) atoms. The lowest BCUT2D eigenvalue weighted by molar-refractivity contribution is -0.384. The fourth-order valence-electron chi connectivity index (χ4n) is 3.35. The Balaban J connectivity index is 1.78. The van der Waals surface area contributed by atoms with Crippen molar-refractivity contribution in [2.24, 2.45) is 0 Å². The average molecular weight is 484 g/mol. The largest absolute Gasteiger partial charge is 0.495 e. The first-order valence-electron chi connectivity index (χ1n) is 10.9. The van der Waals surface area contributed by atoms with E-state index in [-0.39, 0.29) is 22.7 Å². The molecule has 2 aromatic carbocycles. The number of ether oxygens (including phenoxy) is 1. The van der Waals surface area contributed by atoms with Crippen molar-refractivity contribution < 1.29 is 14.5 Å². The maximum atomic E-state index is 12.9. The van der Waals surface area contributed by atoms with E-state index in [4.69, 9.17) is 4.74 Å². The molecule has 0 radical (unpaired) electrons. The van der Waals surface area contributed by atoms with Gasteiger partial charge in [-0.1, -0.05) is 56.8 Å². The second kappa shape index (κ2) is 10.3. The number of aromatic nitrogens is 3. The Bertz CT molecular complexity index is 1190. The zero-order valence-electron chi connectivity index (χ0n) is 20.2. The number of methoxy groups -OCH3 is 1. The number of nitro groups is 1. The quantitative estimate of drug-likeness (QED) is 0.263. The van der Waals surface area contributed by atoms with Crippen molar-refractivity contribution in [1.82, 2.24) is 14.8 Å². The molecule has 3 aromatic rings. The van der Waals surface area contributed by atoms with Crippen LogP contribution in [0.15, 0.2) is 47.6 Å². The van der Waals surface area contributed by atoms with Crippen molar-refractivity contribution in [2.45, 2.75) is 57.0 Å². The molecule has 0 fully saturated rings. The Labute approximate surface area is 203 Å². The molecule has 1 N–H and O–H groups in total. The molecule has 0 aliphatic rings. The first kappa shape index (κ1) is 25.2. The van der Waals surface area contributed by atoms with Gasteiger partial charge in [0.05, 0.1) is 23.0 Å². The molecule has 9 nitrogen and oxygen atoms in total. The minimum absolute atomic E-state index is 0.0582. The smallest absolute Gasteiger partial charge is 0.271 e. The van der Waals surface area contributed by atoms with Crippen LogP contribution >= 0.6 is 11.8 Å². The number of non-ortho nitro benzene ring substituents is 1. The summed E-state index contributed by atoms with van der Waals surface area (Å²) >= 11 is 1.27. The van der Waals surface area contributed by atoms with Gasteiger partial charge in [-0.05, 0) is 30.9 Å². The number of carbonyl (C=O) groups is 1. The molecule has 0 aliphatic heterocycles. The van der Waals surface area contributed by atoms with E-state index in [2.05, 4.69) is 48.4 Å². The SMILES string of the molecule is CCn1c(SC(C)C(=O)Nc2cc([N+](=O)[O-])ccc2OC)nnc1-c1ccc(C(C)(C)C)cc1. The van der Waals surface area contributed by atoms with Gasteiger partial charge in [-0.2, -0.15) is 0 Å². The molecule has 1 amide bonds. The van der Waals surface area contributed by atoms with Crippen LogP contribution < -0.4 is 10.1 Å². The van der Waals surface area contributed by atoms with E-state index in [0.29, 0.717) is 17.5 Å². The summed E-state index contributed by atoms with van der Waals surface area (Å²) in [5, 5.41) is 22.6. The molecule has 0 saturated carbocycles. The predicted octanol–water partition coefficient (Wildman–Crippen LogP) is 5.30. The number of thioether (sulfide) groups is 1. The lowest BCUT2D eigenvalue weighted by Gasteiger charge is -2.19. The van der Waals surface area contributed by atoms with E-state index in [1.54, 1.807) is 6.92 Å². The van der Waals surface area contributed by atoms with E-state index in [0.717, 1.165) is 11.4 Å². The van der Waals surface area contributed by atoms with Crippen LogP contribution in [0.5, 0.6) is 5.75 Å². The van der Waals surface area contributed by atoms with E-state index in [1.165, 1.54) is 42.6 Å². The zero-order valence-corrected chi connectivity index (χ0v) is 21.0. The average Bonchev–Trinajstić information content (AvgIpc) is 3.20. The van der Waals surface area contributed by atoms with Crippen molar-refractivity contribution in [2.75, 3.05) is 12.4 Å². The minimum Gasteiger partial charge on any atom is -0.495 e. The van der Waals surface area contributed by atoms with Crippen molar-refractivity contribution in [3.8, 4) is 17.1 Å². The highest BCUT2D eigenvalue weighted by atomic mass is 32.2. The van der Waals surface area contributed by atoms with Crippen LogP contribution in [0.1, 0.15) is 40.2 Å². The summed E-state index contributed by atoms with van der Waals surface area (Å²) in [6.07, 6.45) is 0. The summed E-state index contributed by atoms with van der Waals surface area (Å²) in [5.74, 6) is 0.748. The Morgan fingerprint density at radius 3 is 2.44 bits per heavy atom. The van der Waals surface area contributed by atoms with Crippen LogP contribution in [0.4, 0.5) is 11.4 Å². The molecule has 1 unspecified atom stereocenters. The first-order valence-corrected chi connectivity index (χ1v) is 11.8. The fourth-order valence-corrected chi connectivity index (χ4v) is 4.26. The zero-order chi connectivity index (χ0) is 25.0. The molecule has 0 saturated heterocycles. The summed E-state index contributed by atoms with van der Waals surface area (Å²) in [4.78, 5) is 23.4. The third-order valence-corrected chi connectivity index (χ3v) is 6.43. The second-order valence-corrected chi connectivity index (χ2v) is 10.1. The normalized spacial score (nSPS) is 12.3. The van der Waals surface area contributed by atoms with Gasteiger partial charge in [0.2, 0.25) is 5.91 Å². The molecular weight excluding hydrogens is 454 g/mol. The van der Waals surface area contributed by atoms with Gasteiger partial charge in [0.1, 0.15) is 5.75 Å². The lowest BCUT2D eigenvalue weighted by atomic mass is 9.87. The van der Waals surface area contributed by atoms with Crippen LogP contribution in [-0.2, 0) is 16.8 Å². The Hall–Kier alpha value is -3.40. The monoisotopic (exact) mass is 483 g/mol. The molecule has 1 aromatic heterocycles. The van der Waals surface area contributed by atoms with Crippen LogP contribution in [0.25, 0.3) is 11.4 Å². The third-order valence-electron chi connectivity index (χ3n) is 5.35. The van der Waals surface area contributed by atoms with Crippen LogP contribution in [0.3, 0.4) is 0 Å². The molecule has 3 rings (SSSR count).